The molecule has 3 heterocycles. The standard InChI is InChI=1S/C24H25Cl2F2N5O/c1-14-22-16(23(27)28)11-20(15-5-6-15)29-24(22)33(30-14)13-21(34)32-9-7-31(8-10-32)12-17-18(25)3-2-4-19(17)26/h2-4,11,15,23H,5-10,12-13H2,1H3. The van der Waals surface area contributed by atoms with Gasteiger partial charge in [-0.2, -0.15) is 5.10 Å². The highest BCUT2D eigenvalue weighted by Gasteiger charge is 2.30. The SMILES string of the molecule is Cc1nn(CC(=O)N2CCN(Cc3c(Cl)cccc3Cl)CC2)c2nc(C3CC3)cc(C(F)F)c12. The number of amides is 1. The van der Waals surface area contributed by atoms with Crippen molar-refractivity contribution in [2.75, 3.05) is 26.2 Å². The number of pyridine rings is 1. The van der Waals surface area contributed by atoms with E-state index in [1.807, 2.05) is 18.2 Å². The van der Waals surface area contributed by atoms with E-state index in [2.05, 4.69) is 15.0 Å². The van der Waals surface area contributed by atoms with Gasteiger partial charge in [0.05, 0.1) is 11.1 Å². The summed E-state index contributed by atoms with van der Waals surface area (Å²) in [5.41, 5.74) is 2.35. The van der Waals surface area contributed by atoms with Gasteiger partial charge >= 0.3 is 0 Å². The van der Waals surface area contributed by atoms with Crippen molar-refractivity contribution in [3.8, 4) is 0 Å². The van der Waals surface area contributed by atoms with Crippen molar-refractivity contribution in [2.24, 2.45) is 0 Å². The molecule has 180 valence electrons. The predicted octanol–water partition coefficient (Wildman–Crippen LogP) is 5.21. The van der Waals surface area contributed by atoms with Crippen molar-refractivity contribution in [2.45, 2.75) is 45.2 Å². The van der Waals surface area contributed by atoms with Gasteiger partial charge in [0.2, 0.25) is 5.91 Å². The third-order valence-electron chi connectivity index (χ3n) is 6.61. The maximum Gasteiger partial charge on any atom is 0.264 e. The Morgan fingerprint density at radius 3 is 2.44 bits per heavy atom. The fraction of sp³-hybridized carbons (Fsp3) is 0.458. The maximum absolute atomic E-state index is 13.8. The molecule has 1 aliphatic heterocycles. The van der Waals surface area contributed by atoms with Crippen LogP contribution in [0.15, 0.2) is 24.3 Å². The number of hydrogen-bond donors (Lipinski definition) is 0. The van der Waals surface area contributed by atoms with Gasteiger partial charge in [0.25, 0.3) is 6.43 Å². The van der Waals surface area contributed by atoms with Crippen molar-refractivity contribution in [3.63, 3.8) is 0 Å². The number of aryl methyl sites for hydroxylation is 1. The van der Waals surface area contributed by atoms with Gasteiger partial charge in [-0.05, 0) is 38.0 Å². The summed E-state index contributed by atoms with van der Waals surface area (Å²) in [4.78, 5) is 21.7. The second-order valence-electron chi connectivity index (χ2n) is 9.01. The Morgan fingerprint density at radius 1 is 1.15 bits per heavy atom. The highest BCUT2D eigenvalue weighted by molar-refractivity contribution is 6.35. The first-order valence-corrected chi connectivity index (χ1v) is 12.2. The quantitative estimate of drug-likeness (QED) is 0.459. The van der Waals surface area contributed by atoms with Gasteiger partial charge in [-0.15, -0.1) is 0 Å². The molecule has 0 bridgehead atoms. The number of hydrogen-bond acceptors (Lipinski definition) is 4. The molecule has 0 unspecified atom stereocenters. The lowest BCUT2D eigenvalue weighted by atomic mass is 10.1. The number of alkyl halides is 2. The highest BCUT2D eigenvalue weighted by Crippen LogP contribution is 2.42. The molecule has 1 saturated carbocycles. The Hall–Kier alpha value is -2.29. The molecule has 1 aromatic carbocycles. The van der Waals surface area contributed by atoms with Crippen LogP contribution in [-0.4, -0.2) is 56.7 Å². The highest BCUT2D eigenvalue weighted by atomic mass is 35.5. The summed E-state index contributed by atoms with van der Waals surface area (Å²) in [5.74, 6) is 0.123. The van der Waals surface area contributed by atoms with E-state index < -0.39 is 6.43 Å². The van der Waals surface area contributed by atoms with Gasteiger partial charge in [0.1, 0.15) is 6.54 Å². The fourth-order valence-electron chi connectivity index (χ4n) is 4.57. The number of piperazine rings is 1. The van der Waals surface area contributed by atoms with Gasteiger partial charge in [-0.3, -0.25) is 9.69 Å². The van der Waals surface area contributed by atoms with E-state index in [9.17, 15) is 13.6 Å². The number of nitrogens with zero attached hydrogens (tertiary/aromatic N) is 5. The number of aromatic nitrogens is 3. The van der Waals surface area contributed by atoms with Gasteiger partial charge in [0.15, 0.2) is 5.65 Å². The van der Waals surface area contributed by atoms with Crippen LogP contribution >= 0.6 is 23.2 Å². The van der Waals surface area contributed by atoms with E-state index >= 15 is 0 Å². The monoisotopic (exact) mass is 507 g/mol. The van der Waals surface area contributed by atoms with E-state index in [1.54, 1.807) is 11.8 Å². The Morgan fingerprint density at radius 2 is 1.82 bits per heavy atom. The zero-order valence-electron chi connectivity index (χ0n) is 18.8. The van der Waals surface area contributed by atoms with Crippen LogP contribution in [0.5, 0.6) is 0 Å². The summed E-state index contributed by atoms with van der Waals surface area (Å²) in [6.07, 6.45) is -0.705. The minimum atomic E-state index is -2.62. The molecule has 2 aromatic heterocycles. The van der Waals surface area contributed by atoms with E-state index in [0.29, 0.717) is 65.2 Å². The Kier molecular flexibility index (Phi) is 6.48. The van der Waals surface area contributed by atoms with Crippen LogP contribution in [0.2, 0.25) is 10.0 Å². The molecule has 1 amide bonds. The van der Waals surface area contributed by atoms with Crippen molar-refractivity contribution in [1.29, 1.82) is 0 Å². The first kappa shape index (κ1) is 23.5. The molecule has 1 saturated heterocycles. The lowest BCUT2D eigenvalue weighted by Crippen LogP contribution is -2.49. The van der Waals surface area contributed by atoms with Gasteiger partial charge < -0.3 is 4.90 Å². The first-order valence-electron chi connectivity index (χ1n) is 11.4. The van der Waals surface area contributed by atoms with E-state index in [0.717, 1.165) is 18.4 Å². The average molecular weight is 508 g/mol. The zero-order chi connectivity index (χ0) is 24.0. The first-order chi connectivity index (χ1) is 16.3. The number of fused-ring (bicyclic) bond motifs is 1. The average Bonchev–Trinajstić information content (AvgIpc) is 3.61. The van der Waals surface area contributed by atoms with Crippen LogP contribution in [0.4, 0.5) is 8.78 Å². The molecule has 6 nitrogen and oxygen atoms in total. The van der Waals surface area contributed by atoms with Crippen LogP contribution in [0.1, 0.15) is 47.7 Å². The van der Waals surface area contributed by atoms with E-state index in [1.165, 1.54) is 10.7 Å². The van der Waals surface area contributed by atoms with Crippen LogP contribution in [0, 0.1) is 6.92 Å². The molecule has 0 radical (unpaired) electrons. The van der Waals surface area contributed by atoms with Crippen molar-refractivity contribution in [1.82, 2.24) is 24.6 Å². The van der Waals surface area contributed by atoms with Gasteiger partial charge in [-0.25, -0.2) is 18.4 Å². The van der Waals surface area contributed by atoms with Crippen molar-refractivity contribution >= 4 is 40.1 Å². The predicted molar refractivity (Wildman–Crippen MR) is 128 cm³/mol. The molecule has 0 atom stereocenters. The van der Waals surface area contributed by atoms with Crippen LogP contribution in [0.3, 0.4) is 0 Å². The fourth-order valence-corrected chi connectivity index (χ4v) is 5.08. The second kappa shape index (κ2) is 9.40. The smallest absolute Gasteiger partial charge is 0.264 e. The summed E-state index contributed by atoms with van der Waals surface area (Å²) in [5, 5.41) is 6.03. The topological polar surface area (TPSA) is 54.3 Å². The molecule has 5 rings (SSSR count). The largest absolute Gasteiger partial charge is 0.339 e. The normalized spacial score (nSPS) is 17.2. The number of rotatable bonds is 6. The third-order valence-corrected chi connectivity index (χ3v) is 7.32. The van der Waals surface area contributed by atoms with E-state index in [4.69, 9.17) is 23.2 Å². The summed E-state index contributed by atoms with van der Waals surface area (Å²) in [6, 6.07) is 6.97. The molecule has 2 aliphatic rings. The van der Waals surface area contributed by atoms with E-state index in [-0.39, 0.29) is 23.9 Å². The molecule has 1 aliphatic carbocycles. The maximum atomic E-state index is 13.8. The van der Waals surface area contributed by atoms with Gasteiger partial charge in [0, 0.05) is 65.5 Å². The summed E-state index contributed by atoms with van der Waals surface area (Å²) >= 11 is 12.6. The molecule has 0 spiro atoms. The Labute approximate surface area is 206 Å². The van der Waals surface area contributed by atoms with Crippen LogP contribution in [0.25, 0.3) is 11.0 Å². The summed E-state index contributed by atoms with van der Waals surface area (Å²) < 4.78 is 29.1. The number of carbonyl (C=O) groups is 1. The second-order valence-corrected chi connectivity index (χ2v) is 9.82. The molecular formula is C24H25Cl2F2N5O. The van der Waals surface area contributed by atoms with Crippen molar-refractivity contribution < 1.29 is 13.6 Å². The zero-order valence-corrected chi connectivity index (χ0v) is 20.3. The molecule has 3 aromatic rings. The summed E-state index contributed by atoms with van der Waals surface area (Å²) in [6.45, 7) is 4.77. The Balaban J connectivity index is 1.29. The molecule has 10 heteroatoms. The number of halogens is 4. The molecular weight excluding hydrogens is 483 g/mol. The number of benzene rings is 1. The summed E-state index contributed by atoms with van der Waals surface area (Å²) in [7, 11) is 0. The minimum Gasteiger partial charge on any atom is -0.339 e. The molecule has 34 heavy (non-hydrogen) atoms. The lowest BCUT2D eigenvalue weighted by molar-refractivity contribution is -0.133. The third kappa shape index (κ3) is 4.63. The van der Waals surface area contributed by atoms with Gasteiger partial charge in [-0.1, -0.05) is 29.3 Å². The minimum absolute atomic E-state index is 0.0233. The van der Waals surface area contributed by atoms with Crippen molar-refractivity contribution in [3.05, 3.63) is 56.8 Å². The number of carbonyl (C=O) groups excluding carboxylic acids is 1. The van der Waals surface area contributed by atoms with Crippen LogP contribution < -0.4 is 0 Å². The van der Waals surface area contributed by atoms with Crippen LogP contribution in [-0.2, 0) is 17.9 Å². The molecule has 2 fully saturated rings. The lowest BCUT2D eigenvalue weighted by Gasteiger charge is -2.35. The Bertz CT molecular complexity index is 1220. The molecule has 0 N–H and O–H groups in total.